The van der Waals surface area contributed by atoms with Gasteiger partial charge in [-0.25, -0.2) is 4.98 Å². The zero-order valence-corrected chi connectivity index (χ0v) is 13.2. The second kappa shape index (κ2) is 6.57. The van der Waals surface area contributed by atoms with E-state index in [1.165, 1.54) is 0 Å². The minimum absolute atomic E-state index is 0.457. The van der Waals surface area contributed by atoms with Crippen LogP contribution >= 0.6 is 39.1 Å². The van der Waals surface area contributed by atoms with Crippen molar-refractivity contribution in [1.29, 1.82) is 0 Å². The number of benzene rings is 1. The maximum atomic E-state index is 6.09. The van der Waals surface area contributed by atoms with Crippen molar-refractivity contribution < 1.29 is 4.74 Å². The third kappa shape index (κ3) is 3.83. The minimum atomic E-state index is 0.457. The van der Waals surface area contributed by atoms with Crippen molar-refractivity contribution in [3.63, 3.8) is 0 Å². The summed E-state index contributed by atoms with van der Waals surface area (Å²) < 4.78 is 6.55. The Bertz CT molecular complexity index is 593. The van der Waals surface area contributed by atoms with Gasteiger partial charge in [-0.3, -0.25) is 0 Å². The summed E-state index contributed by atoms with van der Waals surface area (Å²) in [4.78, 5) is 4.13. The zero-order valence-electron chi connectivity index (χ0n) is 10.1. The van der Waals surface area contributed by atoms with E-state index in [-0.39, 0.29) is 0 Å². The molecule has 0 bridgehead atoms. The van der Waals surface area contributed by atoms with Crippen LogP contribution in [0.4, 0.5) is 0 Å². The number of aromatic nitrogens is 1. The molecule has 0 aliphatic heterocycles. The standard InChI is InChI=1S/C13H11BrCl2N2O/c1-17-6-8-4-13(18-7-11(8)16)19-12-3-2-9(14)5-10(12)15/h2-5,7,17H,6H2,1H3. The van der Waals surface area contributed by atoms with Crippen molar-refractivity contribution in [3.8, 4) is 11.6 Å². The molecule has 0 unspecified atom stereocenters. The molecule has 3 nitrogen and oxygen atoms in total. The maximum Gasteiger partial charge on any atom is 0.219 e. The highest BCUT2D eigenvalue weighted by Crippen LogP contribution is 2.31. The van der Waals surface area contributed by atoms with Gasteiger partial charge < -0.3 is 10.1 Å². The fraction of sp³-hybridized carbons (Fsp3) is 0.154. The highest BCUT2D eigenvalue weighted by molar-refractivity contribution is 9.10. The summed E-state index contributed by atoms with van der Waals surface area (Å²) in [5.74, 6) is 1.01. The van der Waals surface area contributed by atoms with Crippen molar-refractivity contribution in [1.82, 2.24) is 10.3 Å². The van der Waals surface area contributed by atoms with Crippen LogP contribution in [-0.4, -0.2) is 12.0 Å². The predicted octanol–water partition coefficient (Wildman–Crippen LogP) is 4.66. The Hall–Kier alpha value is -0.810. The Labute approximate surface area is 130 Å². The van der Waals surface area contributed by atoms with E-state index < -0.39 is 0 Å². The summed E-state index contributed by atoms with van der Waals surface area (Å²) in [6.07, 6.45) is 1.57. The topological polar surface area (TPSA) is 34.1 Å². The molecule has 1 aromatic carbocycles. The van der Waals surface area contributed by atoms with E-state index >= 15 is 0 Å². The summed E-state index contributed by atoms with van der Waals surface area (Å²) in [5, 5.41) is 4.15. The maximum absolute atomic E-state index is 6.09. The van der Waals surface area contributed by atoms with Crippen LogP contribution in [0.1, 0.15) is 5.56 Å². The molecule has 100 valence electrons. The van der Waals surface area contributed by atoms with Gasteiger partial charge in [0.25, 0.3) is 0 Å². The lowest BCUT2D eigenvalue weighted by molar-refractivity contribution is 0.462. The number of pyridine rings is 1. The first-order valence-electron chi connectivity index (χ1n) is 5.52. The molecule has 1 N–H and O–H groups in total. The fourth-order valence-corrected chi connectivity index (χ4v) is 2.39. The van der Waals surface area contributed by atoms with Gasteiger partial charge in [-0.2, -0.15) is 0 Å². The molecule has 1 aromatic heterocycles. The highest BCUT2D eigenvalue weighted by Gasteiger charge is 2.07. The van der Waals surface area contributed by atoms with E-state index in [0.717, 1.165) is 10.0 Å². The van der Waals surface area contributed by atoms with Gasteiger partial charge in [-0.1, -0.05) is 39.1 Å². The lowest BCUT2D eigenvalue weighted by Gasteiger charge is -2.09. The minimum Gasteiger partial charge on any atom is -0.437 e. The monoisotopic (exact) mass is 360 g/mol. The van der Waals surface area contributed by atoms with Gasteiger partial charge in [0.2, 0.25) is 5.88 Å². The Morgan fingerprint density at radius 2 is 2.05 bits per heavy atom. The predicted molar refractivity (Wildman–Crippen MR) is 81.2 cm³/mol. The van der Waals surface area contributed by atoms with Gasteiger partial charge in [0.15, 0.2) is 0 Å². The Balaban J connectivity index is 2.25. The van der Waals surface area contributed by atoms with Crippen molar-refractivity contribution >= 4 is 39.1 Å². The van der Waals surface area contributed by atoms with Gasteiger partial charge in [-0.15, -0.1) is 0 Å². The van der Waals surface area contributed by atoms with Gasteiger partial charge >= 0.3 is 0 Å². The number of nitrogens with zero attached hydrogens (tertiary/aromatic N) is 1. The van der Waals surface area contributed by atoms with Gasteiger partial charge in [-0.05, 0) is 30.8 Å². The Morgan fingerprint density at radius 3 is 2.74 bits per heavy atom. The van der Waals surface area contributed by atoms with E-state index in [0.29, 0.717) is 28.2 Å². The van der Waals surface area contributed by atoms with Crippen molar-refractivity contribution in [2.24, 2.45) is 0 Å². The second-order valence-corrected chi connectivity index (χ2v) is 5.55. The summed E-state index contributed by atoms with van der Waals surface area (Å²) in [7, 11) is 1.85. The van der Waals surface area contributed by atoms with E-state index in [9.17, 15) is 0 Å². The summed E-state index contributed by atoms with van der Waals surface area (Å²) in [6.45, 7) is 0.645. The SMILES string of the molecule is CNCc1cc(Oc2ccc(Br)cc2Cl)ncc1Cl. The van der Waals surface area contributed by atoms with Crippen molar-refractivity contribution in [3.05, 3.63) is 50.5 Å². The molecule has 0 aliphatic carbocycles. The molecule has 0 atom stereocenters. The number of hydrogen-bond acceptors (Lipinski definition) is 3. The summed E-state index contributed by atoms with van der Waals surface area (Å²) in [5.41, 5.74) is 0.919. The first kappa shape index (κ1) is 14.6. The molecule has 0 fully saturated rings. The average Bonchev–Trinajstić information content (AvgIpc) is 2.37. The first-order chi connectivity index (χ1) is 9.10. The van der Waals surface area contributed by atoms with E-state index in [1.54, 1.807) is 24.4 Å². The molecule has 2 aromatic rings. The van der Waals surface area contributed by atoms with Crippen molar-refractivity contribution in [2.45, 2.75) is 6.54 Å². The molecule has 0 radical (unpaired) electrons. The van der Waals surface area contributed by atoms with Crippen LogP contribution in [0.3, 0.4) is 0 Å². The van der Waals surface area contributed by atoms with Gasteiger partial charge in [0.1, 0.15) is 5.75 Å². The third-order valence-corrected chi connectivity index (χ3v) is 3.51. The number of nitrogens with one attached hydrogen (secondary N) is 1. The molecule has 0 saturated heterocycles. The Morgan fingerprint density at radius 1 is 1.26 bits per heavy atom. The van der Waals surface area contributed by atoms with Crippen LogP contribution in [0.25, 0.3) is 0 Å². The van der Waals surface area contributed by atoms with Crippen LogP contribution in [0, 0.1) is 0 Å². The molecule has 0 saturated carbocycles. The average molecular weight is 362 g/mol. The molecule has 0 spiro atoms. The smallest absolute Gasteiger partial charge is 0.219 e. The van der Waals surface area contributed by atoms with Crippen LogP contribution in [0.5, 0.6) is 11.6 Å². The lowest BCUT2D eigenvalue weighted by Crippen LogP contribution is -2.06. The molecule has 1 heterocycles. The van der Waals surface area contributed by atoms with Gasteiger partial charge in [0.05, 0.1) is 10.0 Å². The van der Waals surface area contributed by atoms with E-state index in [1.807, 2.05) is 13.1 Å². The zero-order chi connectivity index (χ0) is 13.8. The van der Waals surface area contributed by atoms with Crippen LogP contribution in [0.2, 0.25) is 10.0 Å². The molecule has 2 rings (SSSR count). The normalized spacial score (nSPS) is 10.5. The summed E-state index contributed by atoms with van der Waals surface area (Å²) >= 11 is 15.5. The Kier molecular flexibility index (Phi) is 5.05. The van der Waals surface area contributed by atoms with Crippen LogP contribution in [0.15, 0.2) is 34.9 Å². The van der Waals surface area contributed by atoms with E-state index in [2.05, 4.69) is 26.2 Å². The van der Waals surface area contributed by atoms with Crippen LogP contribution in [-0.2, 0) is 6.54 Å². The lowest BCUT2D eigenvalue weighted by atomic mass is 10.2. The quantitative estimate of drug-likeness (QED) is 0.859. The fourth-order valence-electron chi connectivity index (χ4n) is 1.51. The molecular formula is C13H11BrCl2N2O. The van der Waals surface area contributed by atoms with Gasteiger partial charge in [0, 0.05) is 23.3 Å². The number of hydrogen-bond donors (Lipinski definition) is 1. The van der Waals surface area contributed by atoms with Crippen molar-refractivity contribution in [2.75, 3.05) is 7.05 Å². The molecule has 6 heteroatoms. The first-order valence-corrected chi connectivity index (χ1v) is 7.07. The molecular weight excluding hydrogens is 351 g/mol. The molecule has 19 heavy (non-hydrogen) atoms. The van der Waals surface area contributed by atoms with Crippen LogP contribution < -0.4 is 10.1 Å². The highest BCUT2D eigenvalue weighted by atomic mass is 79.9. The third-order valence-electron chi connectivity index (χ3n) is 2.39. The molecule has 0 aliphatic rings. The summed E-state index contributed by atoms with van der Waals surface area (Å²) in [6, 6.07) is 7.19. The number of rotatable bonds is 4. The number of halogens is 3. The largest absolute Gasteiger partial charge is 0.437 e. The second-order valence-electron chi connectivity index (χ2n) is 3.82. The molecule has 0 amide bonds. The van der Waals surface area contributed by atoms with E-state index in [4.69, 9.17) is 27.9 Å². The number of ether oxygens (including phenoxy) is 1.